The van der Waals surface area contributed by atoms with Crippen LogP contribution in [0.25, 0.3) is 6.08 Å². The van der Waals surface area contributed by atoms with Gasteiger partial charge in [-0.05, 0) is 55.7 Å². The van der Waals surface area contributed by atoms with Crippen LogP contribution in [0.5, 0.6) is 11.5 Å². The number of methoxy groups -OCH3 is 2. The molecule has 6 heteroatoms. The molecule has 0 saturated heterocycles. The average Bonchev–Trinajstić information content (AvgIpc) is 3.06. The molecule has 0 aliphatic carbocycles. The van der Waals surface area contributed by atoms with Gasteiger partial charge in [0.05, 0.1) is 14.2 Å². The van der Waals surface area contributed by atoms with Gasteiger partial charge in [-0.2, -0.15) is 0 Å². The predicted octanol–water partition coefficient (Wildman–Crippen LogP) is 3.63. The second-order valence-corrected chi connectivity index (χ2v) is 6.92. The van der Waals surface area contributed by atoms with Gasteiger partial charge in [-0.3, -0.25) is 4.79 Å². The number of fused-ring (bicyclic) bond motifs is 1. The second-order valence-electron chi connectivity index (χ2n) is 6.92. The zero-order valence-corrected chi connectivity index (χ0v) is 17.0. The van der Waals surface area contributed by atoms with Crippen LogP contribution in [0.2, 0.25) is 0 Å². The van der Waals surface area contributed by atoms with E-state index in [4.69, 9.17) is 14.2 Å². The third-order valence-corrected chi connectivity index (χ3v) is 4.90. The minimum atomic E-state index is -0.883. The molecular formula is C23H25NO5. The summed E-state index contributed by atoms with van der Waals surface area (Å²) in [4.78, 5) is 26.8. The van der Waals surface area contributed by atoms with E-state index in [0.29, 0.717) is 11.5 Å². The summed E-state index contributed by atoms with van der Waals surface area (Å²) in [5, 5.41) is 0. The summed E-state index contributed by atoms with van der Waals surface area (Å²) >= 11 is 0. The van der Waals surface area contributed by atoms with Crippen molar-refractivity contribution in [2.75, 3.05) is 19.1 Å². The van der Waals surface area contributed by atoms with Crippen molar-refractivity contribution in [3.05, 3.63) is 59.7 Å². The van der Waals surface area contributed by atoms with Crippen molar-refractivity contribution >= 4 is 23.6 Å². The van der Waals surface area contributed by atoms with E-state index in [-0.39, 0.29) is 11.9 Å². The molecule has 152 valence electrons. The highest BCUT2D eigenvalue weighted by Gasteiger charge is 2.34. The van der Waals surface area contributed by atoms with Crippen LogP contribution in [-0.2, 0) is 20.7 Å². The zero-order valence-electron chi connectivity index (χ0n) is 17.0. The van der Waals surface area contributed by atoms with Crippen molar-refractivity contribution in [1.82, 2.24) is 0 Å². The molecule has 0 fully saturated rings. The van der Waals surface area contributed by atoms with E-state index < -0.39 is 12.1 Å². The van der Waals surface area contributed by atoms with E-state index in [1.54, 1.807) is 50.3 Å². The lowest BCUT2D eigenvalue weighted by atomic mass is 10.1. The summed E-state index contributed by atoms with van der Waals surface area (Å²) in [6.45, 7) is 3.58. The highest BCUT2D eigenvalue weighted by Crippen LogP contribution is 2.32. The maximum absolute atomic E-state index is 12.9. The SMILES string of the molecule is COc1ccc(/C=C/C(=O)O[C@H](C)C(=O)N2c3ccccc3C[C@@H]2C)cc1OC. The lowest BCUT2D eigenvalue weighted by Gasteiger charge is -2.25. The molecule has 2 aromatic rings. The number of amides is 1. The summed E-state index contributed by atoms with van der Waals surface area (Å²) in [6, 6.07) is 13.1. The summed E-state index contributed by atoms with van der Waals surface area (Å²) < 4.78 is 15.8. The van der Waals surface area contributed by atoms with Crippen LogP contribution >= 0.6 is 0 Å². The molecule has 0 bridgehead atoms. The molecule has 0 saturated carbocycles. The Morgan fingerprint density at radius 3 is 2.55 bits per heavy atom. The van der Waals surface area contributed by atoms with Crippen LogP contribution in [0.3, 0.4) is 0 Å². The van der Waals surface area contributed by atoms with Crippen LogP contribution in [0.1, 0.15) is 25.0 Å². The molecule has 29 heavy (non-hydrogen) atoms. The van der Waals surface area contributed by atoms with Gasteiger partial charge in [-0.15, -0.1) is 0 Å². The summed E-state index contributed by atoms with van der Waals surface area (Å²) in [5.74, 6) is 0.357. The molecule has 2 aromatic carbocycles. The van der Waals surface area contributed by atoms with Crippen LogP contribution in [0, 0.1) is 0 Å². The molecule has 0 spiro atoms. The Balaban J connectivity index is 1.65. The molecule has 1 aliphatic rings. The van der Waals surface area contributed by atoms with Gasteiger partial charge in [0.25, 0.3) is 5.91 Å². The highest BCUT2D eigenvalue weighted by molar-refractivity contribution is 6.00. The normalized spacial score (nSPS) is 16.4. The van der Waals surface area contributed by atoms with Gasteiger partial charge >= 0.3 is 5.97 Å². The largest absolute Gasteiger partial charge is 0.493 e. The molecule has 1 heterocycles. The van der Waals surface area contributed by atoms with E-state index in [1.165, 1.54) is 6.08 Å². The minimum absolute atomic E-state index is 0.0309. The Kier molecular flexibility index (Phi) is 6.22. The predicted molar refractivity (Wildman–Crippen MR) is 111 cm³/mol. The van der Waals surface area contributed by atoms with Crippen molar-refractivity contribution in [3.8, 4) is 11.5 Å². The van der Waals surface area contributed by atoms with Gasteiger partial charge in [0.15, 0.2) is 17.6 Å². The van der Waals surface area contributed by atoms with E-state index in [2.05, 4.69) is 0 Å². The Labute approximate surface area is 170 Å². The molecule has 6 nitrogen and oxygen atoms in total. The number of carbonyl (C=O) groups is 2. The lowest BCUT2D eigenvalue weighted by molar-refractivity contribution is -0.149. The quantitative estimate of drug-likeness (QED) is 0.552. The average molecular weight is 395 g/mol. The van der Waals surface area contributed by atoms with Crippen molar-refractivity contribution in [1.29, 1.82) is 0 Å². The molecule has 0 unspecified atom stereocenters. The summed E-state index contributed by atoms with van der Waals surface area (Å²) in [5.41, 5.74) is 2.76. The first-order valence-corrected chi connectivity index (χ1v) is 9.46. The number of anilines is 1. The zero-order chi connectivity index (χ0) is 21.0. The van der Waals surface area contributed by atoms with Gasteiger partial charge in [0.2, 0.25) is 0 Å². The first kappa shape index (κ1) is 20.5. The second kappa shape index (κ2) is 8.82. The number of rotatable bonds is 6. The number of ether oxygens (including phenoxy) is 3. The number of esters is 1. The first-order chi connectivity index (χ1) is 13.9. The van der Waals surface area contributed by atoms with Crippen molar-refractivity contribution < 1.29 is 23.8 Å². The monoisotopic (exact) mass is 395 g/mol. The van der Waals surface area contributed by atoms with Crippen molar-refractivity contribution in [3.63, 3.8) is 0 Å². The smallest absolute Gasteiger partial charge is 0.331 e. The molecule has 2 atom stereocenters. The van der Waals surface area contributed by atoms with E-state index in [1.807, 2.05) is 31.2 Å². The number of carbonyl (C=O) groups excluding carboxylic acids is 2. The van der Waals surface area contributed by atoms with Crippen LogP contribution in [0.4, 0.5) is 5.69 Å². The fourth-order valence-corrected chi connectivity index (χ4v) is 3.48. The van der Waals surface area contributed by atoms with Crippen LogP contribution in [0.15, 0.2) is 48.5 Å². The fraction of sp³-hybridized carbons (Fsp3) is 0.304. The number of hydrogen-bond acceptors (Lipinski definition) is 5. The van der Waals surface area contributed by atoms with Gasteiger partial charge in [-0.1, -0.05) is 24.3 Å². The molecule has 0 aromatic heterocycles. The molecule has 1 aliphatic heterocycles. The van der Waals surface area contributed by atoms with Crippen LogP contribution in [-0.4, -0.2) is 38.2 Å². The summed E-state index contributed by atoms with van der Waals surface area (Å²) in [7, 11) is 3.10. The Bertz CT molecular complexity index is 937. The first-order valence-electron chi connectivity index (χ1n) is 9.46. The number of hydrogen-bond donors (Lipinski definition) is 0. The highest BCUT2D eigenvalue weighted by atomic mass is 16.5. The standard InChI is InChI=1S/C23H25NO5/c1-15-13-18-7-5-6-8-19(18)24(15)23(26)16(2)29-22(25)12-10-17-9-11-20(27-3)21(14-17)28-4/h5-12,14-16H,13H2,1-4H3/b12-10+/t15-,16+/m0/s1. The summed E-state index contributed by atoms with van der Waals surface area (Å²) in [6.07, 6.45) is 2.81. The van der Waals surface area contributed by atoms with Gasteiger partial charge in [-0.25, -0.2) is 4.79 Å². The van der Waals surface area contributed by atoms with Crippen molar-refractivity contribution in [2.45, 2.75) is 32.4 Å². The lowest BCUT2D eigenvalue weighted by Crippen LogP contribution is -2.43. The topological polar surface area (TPSA) is 65.1 Å². The Hall–Kier alpha value is -3.28. The Morgan fingerprint density at radius 2 is 1.83 bits per heavy atom. The third kappa shape index (κ3) is 4.42. The number of benzene rings is 2. The molecule has 0 radical (unpaired) electrons. The maximum Gasteiger partial charge on any atom is 0.331 e. The van der Waals surface area contributed by atoms with Gasteiger partial charge in [0, 0.05) is 17.8 Å². The number of nitrogens with zero attached hydrogens (tertiary/aromatic N) is 1. The van der Waals surface area contributed by atoms with Crippen molar-refractivity contribution in [2.24, 2.45) is 0 Å². The molecule has 0 N–H and O–H groups in total. The van der Waals surface area contributed by atoms with E-state index in [0.717, 1.165) is 23.2 Å². The van der Waals surface area contributed by atoms with Crippen LogP contribution < -0.4 is 14.4 Å². The fourth-order valence-electron chi connectivity index (χ4n) is 3.48. The molecular weight excluding hydrogens is 370 g/mol. The van der Waals surface area contributed by atoms with E-state index >= 15 is 0 Å². The minimum Gasteiger partial charge on any atom is -0.493 e. The van der Waals surface area contributed by atoms with Gasteiger partial charge in [0.1, 0.15) is 0 Å². The number of para-hydroxylation sites is 1. The van der Waals surface area contributed by atoms with E-state index in [9.17, 15) is 9.59 Å². The molecule has 1 amide bonds. The third-order valence-electron chi connectivity index (χ3n) is 4.90. The maximum atomic E-state index is 12.9. The van der Waals surface area contributed by atoms with Gasteiger partial charge < -0.3 is 19.1 Å². The Morgan fingerprint density at radius 1 is 1.10 bits per heavy atom. The molecule has 3 rings (SSSR count).